The minimum atomic E-state index is -0.119. The Morgan fingerprint density at radius 1 is 1.36 bits per heavy atom. The summed E-state index contributed by atoms with van der Waals surface area (Å²) in [5, 5.41) is 11.0. The van der Waals surface area contributed by atoms with Crippen LogP contribution in [0.25, 0.3) is 11.4 Å². The zero-order chi connectivity index (χ0) is 17.6. The van der Waals surface area contributed by atoms with Crippen LogP contribution in [0.4, 0.5) is 5.82 Å². The molecule has 1 unspecified atom stereocenters. The fraction of sp³-hybridized carbons (Fsp3) is 0.353. The van der Waals surface area contributed by atoms with Gasteiger partial charge in [-0.2, -0.15) is 10.1 Å². The van der Waals surface area contributed by atoms with Crippen LogP contribution in [0.5, 0.6) is 0 Å². The van der Waals surface area contributed by atoms with Crippen LogP contribution in [-0.4, -0.2) is 30.8 Å². The topological polar surface area (TPSA) is 98.7 Å². The average molecular weight is 340 g/mol. The molecule has 3 aromatic rings. The maximum Gasteiger partial charge on any atom is 0.227 e. The Bertz CT molecular complexity index is 827. The number of aryl methyl sites for hydroxylation is 1. The predicted molar refractivity (Wildman–Crippen MR) is 91.7 cm³/mol. The lowest BCUT2D eigenvalue weighted by molar-refractivity contribution is -0.116. The second-order valence-corrected chi connectivity index (χ2v) is 5.72. The second-order valence-electron chi connectivity index (χ2n) is 5.72. The van der Waals surface area contributed by atoms with E-state index in [1.165, 1.54) is 0 Å². The molecule has 0 aliphatic rings. The molecule has 8 heteroatoms. The van der Waals surface area contributed by atoms with Crippen molar-refractivity contribution in [1.82, 2.24) is 24.9 Å². The van der Waals surface area contributed by atoms with Crippen LogP contribution in [0.1, 0.15) is 38.6 Å². The van der Waals surface area contributed by atoms with Crippen LogP contribution in [0.3, 0.4) is 0 Å². The normalized spacial score (nSPS) is 12.1. The van der Waals surface area contributed by atoms with E-state index in [1.807, 2.05) is 10.7 Å². The van der Waals surface area contributed by atoms with Crippen LogP contribution >= 0.6 is 0 Å². The van der Waals surface area contributed by atoms with Crippen LogP contribution < -0.4 is 5.32 Å². The van der Waals surface area contributed by atoms with Gasteiger partial charge in [0.05, 0.1) is 12.2 Å². The number of carbonyl (C=O) groups excluding carboxylic acids is 1. The maximum atomic E-state index is 12.2. The van der Waals surface area contributed by atoms with Gasteiger partial charge in [0.25, 0.3) is 0 Å². The molecule has 25 heavy (non-hydrogen) atoms. The van der Waals surface area contributed by atoms with Gasteiger partial charge in [-0.15, -0.1) is 0 Å². The van der Waals surface area contributed by atoms with Crippen molar-refractivity contribution in [3.05, 3.63) is 42.7 Å². The Balaban J connectivity index is 1.57. The molecule has 130 valence electrons. The second kappa shape index (κ2) is 7.69. The Kier molecular flexibility index (Phi) is 5.17. The molecule has 1 atom stereocenters. The van der Waals surface area contributed by atoms with Gasteiger partial charge in [-0.25, -0.2) is 4.68 Å². The summed E-state index contributed by atoms with van der Waals surface area (Å²) < 4.78 is 7.01. The number of carbonyl (C=O) groups is 1. The van der Waals surface area contributed by atoms with Crippen LogP contribution in [-0.2, 0) is 11.2 Å². The van der Waals surface area contributed by atoms with Crippen LogP contribution in [0.15, 0.2) is 41.3 Å². The number of hydrogen-bond acceptors (Lipinski definition) is 6. The number of nitrogens with zero attached hydrogens (tertiary/aromatic N) is 5. The number of nitrogens with one attached hydrogen (secondary N) is 1. The lowest BCUT2D eigenvalue weighted by Crippen LogP contribution is -2.17. The SMILES string of the molecule is CCC(C)n1nccc1NC(=O)CCc1nc(-c2cccnc2)no1. The highest BCUT2D eigenvalue weighted by molar-refractivity contribution is 5.89. The first-order valence-electron chi connectivity index (χ1n) is 8.23. The van der Waals surface area contributed by atoms with Gasteiger partial charge in [-0.1, -0.05) is 12.1 Å². The summed E-state index contributed by atoms with van der Waals surface area (Å²) in [6, 6.07) is 5.67. The quantitative estimate of drug-likeness (QED) is 0.710. The molecule has 3 aromatic heterocycles. The predicted octanol–water partition coefficient (Wildman–Crippen LogP) is 2.87. The zero-order valence-corrected chi connectivity index (χ0v) is 14.2. The molecular weight excluding hydrogens is 320 g/mol. The third kappa shape index (κ3) is 4.09. The molecule has 0 saturated carbocycles. The molecule has 0 aliphatic carbocycles. The van der Waals surface area contributed by atoms with Crippen LogP contribution in [0.2, 0.25) is 0 Å². The van der Waals surface area contributed by atoms with Gasteiger partial charge in [-0.3, -0.25) is 9.78 Å². The number of anilines is 1. The van der Waals surface area contributed by atoms with Crippen molar-refractivity contribution < 1.29 is 9.32 Å². The molecule has 0 radical (unpaired) electrons. The molecule has 0 spiro atoms. The summed E-state index contributed by atoms with van der Waals surface area (Å²) in [7, 11) is 0. The van der Waals surface area contributed by atoms with E-state index in [9.17, 15) is 4.79 Å². The number of amides is 1. The Hall–Kier alpha value is -3.03. The summed E-state index contributed by atoms with van der Waals surface area (Å²) in [5.41, 5.74) is 0.777. The molecule has 0 aliphatic heterocycles. The molecule has 3 heterocycles. The van der Waals surface area contributed by atoms with Gasteiger partial charge in [0, 0.05) is 36.9 Å². The van der Waals surface area contributed by atoms with E-state index in [1.54, 1.807) is 30.7 Å². The van der Waals surface area contributed by atoms with Gasteiger partial charge in [0.15, 0.2) is 0 Å². The molecular formula is C17H20N6O2. The fourth-order valence-corrected chi connectivity index (χ4v) is 2.33. The van der Waals surface area contributed by atoms with Crippen LogP contribution in [0, 0.1) is 0 Å². The lowest BCUT2D eigenvalue weighted by Gasteiger charge is -2.13. The van der Waals surface area contributed by atoms with Gasteiger partial charge < -0.3 is 9.84 Å². The van der Waals surface area contributed by atoms with Crippen molar-refractivity contribution in [1.29, 1.82) is 0 Å². The van der Waals surface area contributed by atoms with Crippen molar-refractivity contribution in [2.24, 2.45) is 0 Å². The van der Waals surface area contributed by atoms with E-state index in [0.717, 1.165) is 12.0 Å². The number of aromatic nitrogens is 5. The summed E-state index contributed by atoms with van der Waals surface area (Å²) in [6.45, 7) is 4.13. The standard InChI is InChI=1S/C17H20N6O2/c1-3-12(2)23-14(8-10-19-23)20-15(24)6-7-16-21-17(22-25-16)13-5-4-9-18-11-13/h4-5,8-12H,3,6-7H2,1-2H3,(H,20,24). The van der Waals surface area contributed by atoms with E-state index in [-0.39, 0.29) is 18.4 Å². The minimum absolute atomic E-state index is 0.119. The summed E-state index contributed by atoms with van der Waals surface area (Å²) in [5.74, 6) is 1.47. The largest absolute Gasteiger partial charge is 0.339 e. The zero-order valence-electron chi connectivity index (χ0n) is 14.2. The monoisotopic (exact) mass is 340 g/mol. The van der Waals surface area contributed by atoms with Gasteiger partial charge >= 0.3 is 0 Å². The van der Waals surface area contributed by atoms with Crippen molar-refractivity contribution >= 4 is 11.7 Å². The minimum Gasteiger partial charge on any atom is -0.339 e. The molecule has 3 rings (SSSR count). The highest BCUT2D eigenvalue weighted by Gasteiger charge is 2.13. The molecule has 0 saturated heterocycles. The molecule has 1 amide bonds. The lowest BCUT2D eigenvalue weighted by atomic mass is 10.2. The first-order chi connectivity index (χ1) is 12.2. The van der Waals surface area contributed by atoms with Crippen molar-refractivity contribution in [2.45, 2.75) is 39.2 Å². The summed E-state index contributed by atoms with van der Waals surface area (Å²) in [4.78, 5) is 20.5. The van der Waals surface area contributed by atoms with Gasteiger partial charge in [-0.05, 0) is 25.5 Å². The van der Waals surface area contributed by atoms with Gasteiger partial charge in [0.1, 0.15) is 5.82 Å². The molecule has 0 bridgehead atoms. The first-order valence-corrected chi connectivity index (χ1v) is 8.23. The molecule has 1 N–H and O–H groups in total. The third-order valence-electron chi connectivity index (χ3n) is 3.90. The van der Waals surface area contributed by atoms with Crippen molar-refractivity contribution in [3.63, 3.8) is 0 Å². The third-order valence-corrected chi connectivity index (χ3v) is 3.90. The maximum absolute atomic E-state index is 12.2. The molecule has 8 nitrogen and oxygen atoms in total. The Labute approximate surface area is 145 Å². The van der Waals surface area contributed by atoms with E-state index in [0.29, 0.717) is 24.0 Å². The van der Waals surface area contributed by atoms with E-state index < -0.39 is 0 Å². The van der Waals surface area contributed by atoms with E-state index in [4.69, 9.17) is 4.52 Å². The number of pyridine rings is 1. The summed E-state index contributed by atoms with van der Waals surface area (Å²) in [6.07, 6.45) is 6.58. The van der Waals surface area contributed by atoms with E-state index in [2.05, 4.69) is 39.4 Å². The summed E-state index contributed by atoms with van der Waals surface area (Å²) >= 11 is 0. The van der Waals surface area contributed by atoms with E-state index >= 15 is 0 Å². The average Bonchev–Trinajstić information content (AvgIpc) is 3.29. The molecule has 0 aromatic carbocycles. The van der Waals surface area contributed by atoms with Crippen molar-refractivity contribution in [3.8, 4) is 11.4 Å². The number of rotatable bonds is 7. The highest BCUT2D eigenvalue weighted by Crippen LogP contribution is 2.17. The van der Waals surface area contributed by atoms with Crippen molar-refractivity contribution in [2.75, 3.05) is 5.32 Å². The Morgan fingerprint density at radius 2 is 2.24 bits per heavy atom. The van der Waals surface area contributed by atoms with Gasteiger partial charge in [0.2, 0.25) is 17.6 Å². The molecule has 0 fully saturated rings. The smallest absolute Gasteiger partial charge is 0.227 e. The fourth-order valence-electron chi connectivity index (χ4n) is 2.33. The Morgan fingerprint density at radius 3 is 3.00 bits per heavy atom. The highest BCUT2D eigenvalue weighted by atomic mass is 16.5. The first kappa shape index (κ1) is 16.8. The number of hydrogen-bond donors (Lipinski definition) is 1.